The van der Waals surface area contributed by atoms with Crippen LogP contribution in [-0.2, 0) is 4.74 Å². The van der Waals surface area contributed by atoms with Crippen molar-refractivity contribution in [2.75, 3.05) is 39.4 Å². The number of amides is 1. The molecule has 0 spiro atoms. The molecular formula is C25H26FN2O4+. The molecule has 1 N–H and O–H groups in total. The highest BCUT2D eigenvalue weighted by Gasteiger charge is 2.42. The number of rotatable bonds is 5. The highest BCUT2D eigenvalue weighted by atomic mass is 19.1. The topological polar surface area (TPSA) is 64.2 Å². The van der Waals surface area contributed by atoms with E-state index in [-0.39, 0.29) is 28.1 Å². The standard InChI is InChI=1S/C25H25FN2O4/c1-16-3-5-17(6-4-16)22-21-23(29)19-15-18(26)7-8-20(19)32-24(21)25(30)28(22)10-2-9-27-11-13-31-14-12-27/h3-8,15,22H,2,9-14H2,1H3/p+1. The van der Waals surface area contributed by atoms with E-state index in [4.69, 9.17) is 9.15 Å². The monoisotopic (exact) mass is 437 g/mol. The van der Waals surface area contributed by atoms with Gasteiger partial charge in [0.05, 0.1) is 36.8 Å². The lowest BCUT2D eigenvalue weighted by molar-refractivity contribution is -0.908. The number of hydrogen-bond acceptors (Lipinski definition) is 4. The van der Waals surface area contributed by atoms with E-state index in [9.17, 15) is 14.0 Å². The van der Waals surface area contributed by atoms with Crippen LogP contribution >= 0.6 is 0 Å². The average Bonchev–Trinajstić information content (AvgIpc) is 3.08. The maximum Gasteiger partial charge on any atom is 0.290 e. The first kappa shape index (κ1) is 20.8. The number of hydrogen-bond donors (Lipinski definition) is 1. The van der Waals surface area contributed by atoms with Gasteiger partial charge in [-0.3, -0.25) is 9.59 Å². The van der Waals surface area contributed by atoms with E-state index in [1.165, 1.54) is 23.1 Å². The summed E-state index contributed by atoms with van der Waals surface area (Å²) >= 11 is 0. The molecule has 166 valence electrons. The van der Waals surface area contributed by atoms with Crippen molar-refractivity contribution in [1.29, 1.82) is 0 Å². The second-order valence-electron chi connectivity index (χ2n) is 8.59. The molecule has 32 heavy (non-hydrogen) atoms. The minimum Gasteiger partial charge on any atom is -0.450 e. The molecule has 1 fully saturated rings. The minimum atomic E-state index is -0.540. The summed E-state index contributed by atoms with van der Waals surface area (Å²) in [5, 5.41) is 0.160. The number of fused-ring (bicyclic) bond motifs is 2. The second kappa shape index (κ2) is 8.48. The van der Waals surface area contributed by atoms with E-state index in [2.05, 4.69) is 0 Å². The quantitative estimate of drug-likeness (QED) is 0.664. The van der Waals surface area contributed by atoms with E-state index < -0.39 is 11.9 Å². The Bertz CT molecular complexity index is 1220. The van der Waals surface area contributed by atoms with Gasteiger partial charge in [-0.2, -0.15) is 0 Å². The molecule has 5 rings (SSSR count). The van der Waals surface area contributed by atoms with Gasteiger partial charge in [-0.25, -0.2) is 4.39 Å². The van der Waals surface area contributed by atoms with Crippen LogP contribution in [0, 0.1) is 12.7 Å². The second-order valence-corrected chi connectivity index (χ2v) is 8.59. The zero-order valence-corrected chi connectivity index (χ0v) is 18.0. The zero-order valence-electron chi connectivity index (χ0n) is 18.0. The summed E-state index contributed by atoms with van der Waals surface area (Å²) in [4.78, 5) is 30.0. The van der Waals surface area contributed by atoms with Crippen LogP contribution in [0.25, 0.3) is 11.0 Å². The summed E-state index contributed by atoms with van der Waals surface area (Å²) in [7, 11) is 0. The normalized spacial score (nSPS) is 19.0. The summed E-state index contributed by atoms with van der Waals surface area (Å²) in [5.74, 6) is -0.726. The van der Waals surface area contributed by atoms with E-state index in [1.54, 1.807) is 4.90 Å². The Morgan fingerprint density at radius 3 is 2.59 bits per heavy atom. The number of carbonyl (C=O) groups excluding carboxylic acids is 1. The van der Waals surface area contributed by atoms with Gasteiger partial charge in [0.1, 0.15) is 24.5 Å². The van der Waals surface area contributed by atoms with E-state index >= 15 is 0 Å². The minimum absolute atomic E-state index is 0.0680. The van der Waals surface area contributed by atoms with Gasteiger partial charge in [0, 0.05) is 13.0 Å². The van der Waals surface area contributed by atoms with Crippen LogP contribution in [-0.4, -0.2) is 50.2 Å². The molecule has 1 unspecified atom stereocenters. The van der Waals surface area contributed by atoms with Gasteiger partial charge < -0.3 is 19.0 Å². The molecule has 7 heteroatoms. The number of quaternary nitrogens is 1. The van der Waals surface area contributed by atoms with Crippen LogP contribution < -0.4 is 10.3 Å². The molecule has 3 aromatic rings. The summed E-state index contributed by atoms with van der Waals surface area (Å²) in [6.07, 6.45) is 0.805. The van der Waals surface area contributed by atoms with Crippen molar-refractivity contribution >= 4 is 16.9 Å². The Morgan fingerprint density at radius 2 is 1.84 bits per heavy atom. The van der Waals surface area contributed by atoms with Crippen LogP contribution in [0.3, 0.4) is 0 Å². The molecule has 3 heterocycles. The van der Waals surface area contributed by atoms with Crippen LogP contribution in [0.15, 0.2) is 51.7 Å². The summed E-state index contributed by atoms with van der Waals surface area (Å²) < 4.78 is 25.2. The largest absolute Gasteiger partial charge is 0.450 e. The predicted octanol–water partition coefficient (Wildman–Crippen LogP) is 2.09. The number of morpholine rings is 1. The average molecular weight is 437 g/mol. The lowest BCUT2D eigenvalue weighted by atomic mass is 9.97. The summed E-state index contributed by atoms with van der Waals surface area (Å²) in [6.45, 7) is 6.88. The fourth-order valence-electron chi connectivity index (χ4n) is 4.73. The Labute approximate surface area is 185 Å². The van der Waals surface area contributed by atoms with E-state index in [1.807, 2.05) is 31.2 Å². The molecule has 0 radical (unpaired) electrons. The number of halogens is 1. The first-order valence-corrected chi connectivity index (χ1v) is 11.1. The molecule has 6 nitrogen and oxygen atoms in total. The predicted molar refractivity (Wildman–Crippen MR) is 118 cm³/mol. The Morgan fingerprint density at radius 1 is 1.09 bits per heavy atom. The van der Waals surface area contributed by atoms with Gasteiger partial charge in [-0.1, -0.05) is 29.8 Å². The molecule has 1 atom stereocenters. The molecule has 1 amide bonds. The first-order valence-electron chi connectivity index (χ1n) is 11.1. The molecule has 1 aromatic heterocycles. The lowest BCUT2D eigenvalue weighted by Gasteiger charge is -2.27. The molecule has 0 bridgehead atoms. The maximum absolute atomic E-state index is 13.9. The van der Waals surface area contributed by atoms with Crippen LogP contribution in [0.1, 0.15) is 39.7 Å². The SMILES string of the molecule is Cc1ccc(C2c3c(oc4ccc(F)cc4c3=O)C(=O)N2CCC[NH+]2CCOCC2)cc1. The zero-order chi connectivity index (χ0) is 22.2. The van der Waals surface area contributed by atoms with Crippen molar-refractivity contribution in [1.82, 2.24) is 4.90 Å². The van der Waals surface area contributed by atoms with Gasteiger partial charge in [0.25, 0.3) is 5.91 Å². The third-order valence-electron chi connectivity index (χ3n) is 6.45. The highest BCUT2D eigenvalue weighted by Crippen LogP contribution is 2.38. The molecule has 0 aliphatic carbocycles. The third kappa shape index (κ3) is 3.72. The molecule has 2 aromatic carbocycles. The number of ether oxygens (including phenoxy) is 1. The molecular weight excluding hydrogens is 411 g/mol. The van der Waals surface area contributed by atoms with Gasteiger partial charge in [0.2, 0.25) is 5.76 Å². The van der Waals surface area contributed by atoms with Crippen molar-refractivity contribution in [3.63, 3.8) is 0 Å². The van der Waals surface area contributed by atoms with E-state index in [0.29, 0.717) is 12.1 Å². The van der Waals surface area contributed by atoms with Crippen molar-refractivity contribution in [3.8, 4) is 0 Å². The number of nitrogens with one attached hydrogen (secondary N) is 1. The molecule has 2 aliphatic rings. The molecule has 2 aliphatic heterocycles. The Hall–Kier alpha value is -3.03. The molecule has 1 saturated heterocycles. The van der Waals surface area contributed by atoms with E-state index in [0.717, 1.165) is 50.4 Å². The Kier molecular flexibility index (Phi) is 5.53. The number of carbonyl (C=O) groups is 1. The smallest absolute Gasteiger partial charge is 0.290 e. The first-order chi connectivity index (χ1) is 15.5. The van der Waals surface area contributed by atoms with Gasteiger partial charge in [0.15, 0.2) is 5.43 Å². The van der Waals surface area contributed by atoms with Gasteiger partial charge in [-0.05, 0) is 30.7 Å². The van der Waals surface area contributed by atoms with Crippen molar-refractivity contribution in [2.45, 2.75) is 19.4 Å². The van der Waals surface area contributed by atoms with Crippen molar-refractivity contribution < 1.29 is 23.2 Å². The number of benzene rings is 2. The van der Waals surface area contributed by atoms with Gasteiger partial charge >= 0.3 is 0 Å². The van der Waals surface area contributed by atoms with Crippen molar-refractivity contribution in [3.05, 3.63) is 81.0 Å². The highest BCUT2D eigenvalue weighted by molar-refractivity contribution is 5.99. The Balaban J connectivity index is 1.53. The number of nitrogens with zero attached hydrogens (tertiary/aromatic N) is 1. The third-order valence-corrected chi connectivity index (χ3v) is 6.45. The fourth-order valence-corrected chi connectivity index (χ4v) is 4.73. The van der Waals surface area contributed by atoms with Crippen molar-refractivity contribution in [2.24, 2.45) is 0 Å². The van der Waals surface area contributed by atoms with Gasteiger partial charge in [-0.15, -0.1) is 0 Å². The van der Waals surface area contributed by atoms with Crippen LogP contribution in [0.5, 0.6) is 0 Å². The molecule has 0 saturated carbocycles. The number of aryl methyl sites for hydroxylation is 1. The van der Waals surface area contributed by atoms with Crippen LogP contribution in [0.4, 0.5) is 4.39 Å². The summed E-state index contributed by atoms with van der Waals surface area (Å²) in [5.41, 5.74) is 2.13. The van der Waals surface area contributed by atoms with Crippen LogP contribution in [0.2, 0.25) is 0 Å². The maximum atomic E-state index is 13.9. The lowest BCUT2D eigenvalue weighted by Crippen LogP contribution is -3.14. The fraction of sp³-hybridized carbons (Fsp3) is 0.360. The summed E-state index contributed by atoms with van der Waals surface area (Å²) in [6, 6.07) is 11.1.